The molecule has 1 fully saturated rings. The van der Waals surface area contributed by atoms with E-state index in [1.54, 1.807) is 7.11 Å². The van der Waals surface area contributed by atoms with Crippen LogP contribution in [0.25, 0.3) is 21.8 Å². The standard InChI is InChI=1S/C27H33N3O2/c1-32-22-6-8-27-24(15-22)25(17-29-27)20-9-12-30(13-10-20)11-3-2-4-21-16-28-26-7-5-19(18-31)14-23(21)26/h5-8,14-17,20,28-29,31H,2-4,9-13,18H2,1H3. The number of rotatable bonds is 8. The van der Waals surface area contributed by atoms with E-state index in [1.807, 2.05) is 12.1 Å². The number of ether oxygens (including phenoxy) is 1. The van der Waals surface area contributed by atoms with Crippen molar-refractivity contribution in [2.45, 2.75) is 44.6 Å². The zero-order valence-corrected chi connectivity index (χ0v) is 18.9. The molecule has 3 N–H and O–H groups in total. The maximum Gasteiger partial charge on any atom is 0.119 e. The van der Waals surface area contributed by atoms with Crippen LogP contribution in [0.4, 0.5) is 0 Å². The number of likely N-dealkylation sites (tertiary alicyclic amines) is 1. The van der Waals surface area contributed by atoms with E-state index >= 15 is 0 Å². The fraction of sp³-hybridized carbons (Fsp3) is 0.407. The van der Waals surface area contributed by atoms with Crippen molar-refractivity contribution < 1.29 is 9.84 Å². The fourth-order valence-electron chi connectivity index (χ4n) is 5.24. The van der Waals surface area contributed by atoms with Gasteiger partial charge in [0.25, 0.3) is 0 Å². The molecule has 2 aromatic carbocycles. The van der Waals surface area contributed by atoms with E-state index in [4.69, 9.17) is 4.74 Å². The average Bonchev–Trinajstić information content (AvgIpc) is 3.45. The number of methoxy groups -OCH3 is 1. The number of piperidine rings is 1. The Morgan fingerprint density at radius 1 is 0.969 bits per heavy atom. The van der Waals surface area contributed by atoms with E-state index in [-0.39, 0.29) is 6.61 Å². The van der Waals surface area contributed by atoms with Crippen molar-refractivity contribution in [2.75, 3.05) is 26.7 Å². The minimum atomic E-state index is 0.0998. The molecule has 3 heterocycles. The maximum absolute atomic E-state index is 9.42. The summed E-state index contributed by atoms with van der Waals surface area (Å²) in [5.41, 5.74) is 6.15. The molecule has 0 unspecified atom stereocenters. The zero-order chi connectivity index (χ0) is 21.9. The topological polar surface area (TPSA) is 64.3 Å². The first kappa shape index (κ1) is 21.1. The molecule has 0 saturated carbocycles. The monoisotopic (exact) mass is 431 g/mol. The molecule has 32 heavy (non-hydrogen) atoms. The number of hydrogen-bond donors (Lipinski definition) is 3. The van der Waals surface area contributed by atoms with E-state index in [0.29, 0.717) is 5.92 Å². The van der Waals surface area contributed by atoms with Crippen LogP contribution in [0.15, 0.2) is 48.8 Å². The lowest BCUT2D eigenvalue weighted by atomic mass is 9.89. The molecule has 1 aliphatic heterocycles. The van der Waals surface area contributed by atoms with Gasteiger partial charge in [-0.25, -0.2) is 0 Å². The molecule has 5 rings (SSSR count). The van der Waals surface area contributed by atoms with Gasteiger partial charge in [0.1, 0.15) is 5.75 Å². The molecule has 168 valence electrons. The Morgan fingerprint density at radius 3 is 2.56 bits per heavy atom. The van der Waals surface area contributed by atoms with Gasteiger partial charge in [0, 0.05) is 34.2 Å². The summed E-state index contributed by atoms with van der Waals surface area (Å²) < 4.78 is 5.43. The van der Waals surface area contributed by atoms with Gasteiger partial charge in [-0.15, -0.1) is 0 Å². The summed E-state index contributed by atoms with van der Waals surface area (Å²) >= 11 is 0. The zero-order valence-electron chi connectivity index (χ0n) is 18.9. The molecule has 0 amide bonds. The fourth-order valence-corrected chi connectivity index (χ4v) is 5.24. The third-order valence-corrected chi connectivity index (χ3v) is 7.13. The summed E-state index contributed by atoms with van der Waals surface area (Å²) in [6.45, 7) is 3.63. The van der Waals surface area contributed by atoms with Crippen molar-refractivity contribution in [1.29, 1.82) is 0 Å². The van der Waals surface area contributed by atoms with Crippen molar-refractivity contribution in [3.8, 4) is 5.75 Å². The average molecular weight is 432 g/mol. The van der Waals surface area contributed by atoms with Gasteiger partial charge in [0.15, 0.2) is 0 Å². The molecule has 1 aliphatic rings. The van der Waals surface area contributed by atoms with E-state index < -0.39 is 0 Å². The summed E-state index contributed by atoms with van der Waals surface area (Å²) in [6, 6.07) is 12.5. The lowest BCUT2D eigenvalue weighted by Gasteiger charge is -2.32. The third-order valence-electron chi connectivity index (χ3n) is 7.13. The van der Waals surface area contributed by atoms with Gasteiger partial charge in [-0.2, -0.15) is 0 Å². The number of benzene rings is 2. The first-order chi connectivity index (χ1) is 15.7. The molecule has 0 spiro atoms. The number of fused-ring (bicyclic) bond motifs is 2. The number of aliphatic hydroxyl groups is 1. The van der Waals surface area contributed by atoms with Crippen LogP contribution < -0.4 is 4.74 Å². The van der Waals surface area contributed by atoms with E-state index in [0.717, 1.165) is 23.3 Å². The van der Waals surface area contributed by atoms with Crippen LogP contribution in [0.5, 0.6) is 5.75 Å². The highest BCUT2D eigenvalue weighted by molar-refractivity contribution is 5.85. The van der Waals surface area contributed by atoms with Crippen molar-refractivity contribution in [3.63, 3.8) is 0 Å². The Morgan fingerprint density at radius 2 is 1.75 bits per heavy atom. The van der Waals surface area contributed by atoms with Gasteiger partial charge in [-0.3, -0.25) is 0 Å². The van der Waals surface area contributed by atoms with E-state index in [1.165, 1.54) is 72.7 Å². The highest BCUT2D eigenvalue weighted by Gasteiger charge is 2.22. The summed E-state index contributed by atoms with van der Waals surface area (Å²) in [6.07, 6.45) is 10.3. The second-order valence-corrected chi connectivity index (χ2v) is 9.08. The smallest absolute Gasteiger partial charge is 0.119 e. The predicted molar refractivity (Wildman–Crippen MR) is 130 cm³/mol. The summed E-state index contributed by atoms with van der Waals surface area (Å²) in [4.78, 5) is 9.43. The summed E-state index contributed by atoms with van der Waals surface area (Å²) in [5.74, 6) is 1.55. The molecule has 2 aromatic heterocycles. The molecule has 5 nitrogen and oxygen atoms in total. The number of aromatic amines is 2. The first-order valence-corrected chi connectivity index (χ1v) is 11.8. The van der Waals surface area contributed by atoms with Crippen LogP contribution in [-0.2, 0) is 13.0 Å². The Balaban J connectivity index is 1.11. The molecule has 0 atom stereocenters. The van der Waals surface area contributed by atoms with Gasteiger partial charge in [0.2, 0.25) is 0 Å². The summed E-state index contributed by atoms with van der Waals surface area (Å²) in [5, 5.41) is 12.0. The molecular weight excluding hydrogens is 398 g/mol. The second-order valence-electron chi connectivity index (χ2n) is 9.08. The van der Waals surface area contributed by atoms with E-state index in [9.17, 15) is 5.11 Å². The predicted octanol–water partition coefficient (Wildman–Crippen LogP) is 5.35. The highest BCUT2D eigenvalue weighted by atomic mass is 16.5. The maximum atomic E-state index is 9.42. The minimum absolute atomic E-state index is 0.0998. The van der Waals surface area contributed by atoms with Crippen LogP contribution in [0.1, 0.15) is 48.3 Å². The Kier molecular flexibility index (Phi) is 6.19. The van der Waals surface area contributed by atoms with Gasteiger partial charge < -0.3 is 24.7 Å². The molecule has 0 radical (unpaired) electrons. The number of nitrogens with one attached hydrogen (secondary N) is 2. The first-order valence-electron chi connectivity index (χ1n) is 11.8. The van der Waals surface area contributed by atoms with Crippen molar-refractivity contribution in [3.05, 3.63) is 65.5 Å². The molecule has 5 heteroatoms. The van der Waals surface area contributed by atoms with Crippen LogP contribution in [0.3, 0.4) is 0 Å². The van der Waals surface area contributed by atoms with Gasteiger partial charge in [0.05, 0.1) is 13.7 Å². The minimum Gasteiger partial charge on any atom is -0.497 e. The molecule has 4 aromatic rings. The molecule has 0 bridgehead atoms. The van der Waals surface area contributed by atoms with E-state index in [2.05, 4.69) is 51.5 Å². The lowest BCUT2D eigenvalue weighted by Crippen LogP contribution is -2.33. The van der Waals surface area contributed by atoms with Gasteiger partial charge >= 0.3 is 0 Å². The van der Waals surface area contributed by atoms with Gasteiger partial charge in [-0.05, 0) is 105 Å². The van der Waals surface area contributed by atoms with Crippen LogP contribution in [0.2, 0.25) is 0 Å². The van der Waals surface area contributed by atoms with Crippen molar-refractivity contribution >= 4 is 21.8 Å². The Hall–Kier alpha value is -2.76. The quantitative estimate of drug-likeness (QED) is 0.329. The van der Waals surface area contributed by atoms with Crippen molar-refractivity contribution in [2.24, 2.45) is 0 Å². The third kappa shape index (κ3) is 4.27. The number of unbranched alkanes of at least 4 members (excludes halogenated alkanes) is 1. The SMILES string of the molecule is COc1ccc2[nH]cc(C3CCN(CCCCc4c[nH]c5ccc(CO)cc45)CC3)c2c1. The molecule has 0 aliphatic carbocycles. The van der Waals surface area contributed by atoms with Crippen LogP contribution in [0, 0.1) is 0 Å². The van der Waals surface area contributed by atoms with Crippen LogP contribution in [-0.4, -0.2) is 46.7 Å². The van der Waals surface area contributed by atoms with Crippen LogP contribution >= 0.6 is 0 Å². The van der Waals surface area contributed by atoms with Crippen molar-refractivity contribution in [1.82, 2.24) is 14.9 Å². The molecule has 1 saturated heterocycles. The normalized spacial score (nSPS) is 15.7. The number of nitrogens with zero attached hydrogens (tertiary/aromatic N) is 1. The highest BCUT2D eigenvalue weighted by Crippen LogP contribution is 2.34. The lowest BCUT2D eigenvalue weighted by molar-refractivity contribution is 0.209. The molecular formula is C27H33N3O2. The number of aryl methyl sites for hydroxylation is 1. The Bertz CT molecular complexity index is 1180. The number of hydrogen-bond acceptors (Lipinski definition) is 3. The number of aliphatic hydroxyl groups excluding tert-OH is 1. The second kappa shape index (κ2) is 9.39. The largest absolute Gasteiger partial charge is 0.497 e. The number of aromatic nitrogens is 2. The summed E-state index contributed by atoms with van der Waals surface area (Å²) in [7, 11) is 1.73. The van der Waals surface area contributed by atoms with Gasteiger partial charge in [-0.1, -0.05) is 6.07 Å². The Labute approximate surface area is 189 Å². The number of H-pyrrole nitrogens is 2.